The van der Waals surface area contributed by atoms with E-state index in [9.17, 15) is 0 Å². The topological polar surface area (TPSA) is 70.4 Å². The van der Waals surface area contributed by atoms with E-state index in [1.54, 1.807) is 6.33 Å². The van der Waals surface area contributed by atoms with Gasteiger partial charge >= 0.3 is 0 Å². The van der Waals surface area contributed by atoms with Crippen LogP contribution in [0.4, 0.5) is 0 Å². The monoisotopic (exact) mass is 511 g/mol. The Balaban J connectivity index is 0.00000300. The van der Waals surface area contributed by atoms with Gasteiger partial charge in [-0.3, -0.25) is 9.89 Å². The molecule has 1 aromatic heterocycles. The molecule has 0 spiro atoms. The minimum absolute atomic E-state index is 0. The fourth-order valence-corrected chi connectivity index (χ4v) is 3.60. The van der Waals surface area contributed by atoms with Crippen LogP contribution in [0, 0.1) is 0 Å². The number of hydrogen-bond acceptors (Lipinski definition) is 4. The Kier molecular flexibility index (Phi) is 10.4. The van der Waals surface area contributed by atoms with Crippen LogP contribution in [-0.4, -0.2) is 57.8 Å². The molecule has 0 saturated carbocycles. The third-order valence-corrected chi connectivity index (χ3v) is 5.14. The molecule has 0 unspecified atom stereocenters. The lowest BCUT2D eigenvalue weighted by atomic mass is 10.0. The molecule has 1 aliphatic rings. The zero-order chi connectivity index (χ0) is 19.6. The van der Waals surface area contributed by atoms with E-state index in [0.29, 0.717) is 12.6 Å². The first kappa shape index (κ1) is 23.6. The Morgan fingerprint density at radius 2 is 1.93 bits per heavy atom. The highest BCUT2D eigenvalue weighted by Crippen LogP contribution is 2.13. The Hall–Kier alpha value is -1.68. The lowest BCUT2D eigenvalue weighted by Crippen LogP contribution is -2.48. The number of aryl methyl sites for hydroxylation is 1. The van der Waals surface area contributed by atoms with Crippen LogP contribution in [0.1, 0.15) is 38.1 Å². The summed E-state index contributed by atoms with van der Waals surface area (Å²) >= 11 is 0. The highest BCUT2D eigenvalue weighted by atomic mass is 127. The average molecular weight is 511 g/mol. The summed E-state index contributed by atoms with van der Waals surface area (Å²) in [6.07, 6.45) is 4.96. The van der Waals surface area contributed by atoms with Crippen molar-refractivity contribution in [1.82, 2.24) is 30.3 Å². The predicted octanol–water partition coefficient (Wildman–Crippen LogP) is 2.68. The van der Waals surface area contributed by atoms with Crippen LogP contribution in [0.15, 0.2) is 41.7 Å². The van der Waals surface area contributed by atoms with Gasteiger partial charge in [0.2, 0.25) is 0 Å². The molecule has 7 nitrogen and oxygen atoms in total. The van der Waals surface area contributed by atoms with Gasteiger partial charge in [-0.1, -0.05) is 37.3 Å². The van der Waals surface area contributed by atoms with Crippen LogP contribution in [0.2, 0.25) is 0 Å². The first-order valence-corrected chi connectivity index (χ1v) is 10.5. The molecule has 1 aromatic carbocycles. The highest BCUT2D eigenvalue weighted by Gasteiger charge is 2.20. The second-order valence-corrected chi connectivity index (χ2v) is 7.24. The molecule has 1 aliphatic heterocycles. The maximum Gasteiger partial charge on any atom is 0.191 e. The van der Waals surface area contributed by atoms with E-state index in [4.69, 9.17) is 4.99 Å². The number of nitrogens with zero attached hydrogens (tertiary/aromatic N) is 5. The molecule has 1 fully saturated rings. The van der Waals surface area contributed by atoms with Crippen molar-refractivity contribution in [2.24, 2.45) is 4.99 Å². The van der Waals surface area contributed by atoms with Crippen molar-refractivity contribution in [2.75, 3.05) is 26.2 Å². The Morgan fingerprint density at radius 1 is 1.17 bits per heavy atom. The summed E-state index contributed by atoms with van der Waals surface area (Å²) in [6, 6.07) is 11.2. The summed E-state index contributed by atoms with van der Waals surface area (Å²) in [4.78, 5) is 7.29. The molecule has 3 rings (SSSR count). The second-order valence-electron chi connectivity index (χ2n) is 7.24. The number of benzene rings is 1. The fraction of sp³-hybridized carbons (Fsp3) is 0.571. The van der Waals surface area contributed by atoms with Crippen LogP contribution in [-0.2, 0) is 19.5 Å². The average Bonchev–Trinajstić information content (AvgIpc) is 3.18. The highest BCUT2D eigenvalue weighted by molar-refractivity contribution is 14.0. The molecule has 2 heterocycles. The number of aromatic nitrogens is 3. The molecular weight excluding hydrogens is 477 g/mol. The van der Waals surface area contributed by atoms with Gasteiger partial charge in [0.25, 0.3) is 0 Å². The van der Waals surface area contributed by atoms with E-state index in [1.165, 1.54) is 5.56 Å². The van der Waals surface area contributed by atoms with Crippen LogP contribution in [0.5, 0.6) is 0 Å². The number of halogens is 1. The van der Waals surface area contributed by atoms with Gasteiger partial charge in [-0.25, -0.2) is 0 Å². The Bertz CT molecular complexity index is 724. The summed E-state index contributed by atoms with van der Waals surface area (Å²) in [6.45, 7) is 9.87. The van der Waals surface area contributed by atoms with Gasteiger partial charge in [-0.05, 0) is 25.3 Å². The molecule has 0 bridgehead atoms. The molecule has 0 atom stereocenters. The number of piperidine rings is 1. The van der Waals surface area contributed by atoms with E-state index >= 15 is 0 Å². The zero-order valence-corrected chi connectivity index (χ0v) is 19.9. The summed E-state index contributed by atoms with van der Waals surface area (Å²) in [5.74, 6) is 1.93. The maximum atomic E-state index is 4.75. The summed E-state index contributed by atoms with van der Waals surface area (Å²) in [7, 11) is 0. The van der Waals surface area contributed by atoms with Crippen molar-refractivity contribution in [1.29, 1.82) is 0 Å². The van der Waals surface area contributed by atoms with Gasteiger partial charge in [0.05, 0.1) is 6.54 Å². The molecule has 0 radical (unpaired) electrons. The smallest absolute Gasteiger partial charge is 0.191 e. The van der Waals surface area contributed by atoms with E-state index in [2.05, 4.69) is 74.5 Å². The molecule has 8 heteroatoms. The van der Waals surface area contributed by atoms with Gasteiger partial charge in [0.1, 0.15) is 12.2 Å². The van der Waals surface area contributed by atoms with Crippen LogP contribution < -0.4 is 10.6 Å². The van der Waals surface area contributed by atoms with Gasteiger partial charge in [-0.2, -0.15) is 0 Å². The van der Waals surface area contributed by atoms with E-state index < -0.39 is 0 Å². The fourth-order valence-electron chi connectivity index (χ4n) is 3.60. The molecule has 160 valence electrons. The van der Waals surface area contributed by atoms with E-state index in [1.807, 2.05) is 0 Å². The van der Waals surface area contributed by atoms with Gasteiger partial charge in [0.15, 0.2) is 5.96 Å². The first-order valence-electron chi connectivity index (χ1n) is 10.5. The lowest BCUT2D eigenvalue weighted by Gasteiger charge is -2.33. The van der Waals surface area contributed by atoms with Gasteiger partial charge in [0, 0.05) is 45.2 Å². The summed E-state index contributed by atoms with van der Waals surface area (Å²) in [5, 5.41) is 15.1. The second kappa shape index (κ2) is 12.8. The van der Waals surface area contributed by atoms with Crippen molar-refractivity contribution in [3.8, 4) is 0 Å². The minimum atomic E-state index is 0. The van der Waals surface area contributed by atoms with E-state index in [0.717, 1.165) is 63.8 Å². The van der Waals surface area contributed by atoms with Crippen molar-refractivity contribution in [3.63, 3.8) is 0 Å². The molecule has 2 N–H and O–H groups in total. The minimum Gasteiger partial charge on any atom is -0.357 e. The van der Waals surface area contributed by atoms with Crippen LogP contribution >= 0.6 is 24.0 Å². The normalized spacial score (nSPS) is 15.7. The SMILES string of the molecule is CCNC(=NCCn1cnnc1CC)NC1CCN(Cc2ccccc2)CC1.I. The largest absolute Gasteiger partial charge is 0.357 e. The van der Waals surface area contributed by atoms with Crippen molar-refractivity contribution >= 4 is 29.9 Å². The quantitative estimate of drug-likeness (QED) is 0.324. The number of aliphatic imine (C=N–C) groups is 1. The summed E-state index contributed by atoms with van der Waals surface area (Å²) in [5.41, 5.74) is 1.39. The third-order valence-electron chi connectivity index (χ3n) is 5.14. The first-order chi connectivity index (χ1) is 13.8. The van der Waals surface area contributed by atoms with Gasteiger partial charge < -0.3 is 15.2 Å². The van der Waals surface area contributed by atoms with Crippen molar-refractivity contribution < 1.29 is 0 Å². The molecular formula is C21H34IN7. The predicted molar refractivity (Wildman–Crippen MR) is 129 cm³/mol. The molecule has 2 aromatic rings. The molecule has 0 aliphatic carbocycles. The number of guanidine groups is 1. The maximum absolute atomic E-state index is 4.75. The molecule has 1 saturated heterocycles. The Morgan fingerprint density at radius 3 is 2.62 bits per heavy atom. The van der Waals surface area contributed by atoms with Crippen LogP contribution in [0.25, 0.3) is 0 Å². The zero-order valence-electron chi connectivity index (χ0n) is 17.5. The molecule has 29 heavy (non-hydrogen) atoms. The standard InChI is InChI=1S/C21H33N7.HI/c1-3-20-26-24-17-28(20)15-12-23-21(22-4-2)25-19-10-13-27(14-11-19)16-18-8-6-5-7-9-18;/h5-9,17,19H,3-4,10-16H2,1-2H3,(H2,22,23,25);1H. The van der Waals surface area contributed by atoms with Crippen molar-refractivity contribution in [3.05, 3.63) is 48.0 Å². The van der Waals surface area contributed by atoms with Gasteiger partial charge in [-0.15, -0.1) is 34.2 Å². The number of hydrogen-bond donors (Lipinski definition) is 2. The van der Waals surface area contributed by atoms with Crippen molar-refractivity contribution in [2.45, 2.75) is 52.2 Å². The number of likely N-dealkylation sites (tertiary alicyclic amines) is 1. The van der Waals surface area contributed by atoms with E-state index in [-0.39, 0.29) is 24.0 Å². The number of nitrogens with one attached hydrogen (secondary N) is 2. The Labute approximate surface area is 191 Å². The third kappa shape index (κ3) is 7.58. The number of rotatable bonds is 8. The lowest BCUT2D eigenvalue weighted by molar-refractivity contribution is 0.198. The molecule has 0 amide bonds. The summed E-state index contributed by atoms with van der Waals surface area (Å²) < 4.78 is 2.08. The van der Waals surface area contributed by atoms with Crippen LogP contribution in [0.3, 0.4) is 0 Å².